The lowest BCUT2D eigenvalue weighted by molar-refractivity contribution is -0.127. The van der Waals surface area contributed by atoms with Crippen LogP contribution in [0.25, 0.3) is 0 Å². The SMILES string of the molecule is CC(C)CNC(=NCC(=O)N(C)C)N1CCN(c2nccn(C)c2=O)CC1.I. The Bertz CT molecular complexity index is 725. The highest BCUT2D eigenvalue weighted by atomic mass is 127. The number of guanidine groups is 1. The lowest BCUT2D eigenvalue weighted by Crippen LogP contribution is -2.54. The van der Waals surface area contributed by atoms with Crippen LogP contribution in [0.4, 0.5) is 5.82 Å². The number of rotatable bonds is 5. The Balaban J connectivity index is 0.00000392. The predicted octanol–water partition coefficient (Wildman–Crippen LogP) is 0.210. The smallest absolute Gasteiger partial charge is 0.293 e. The molecule has 0 unspecified atom stereocenters. The van der Waals surface area contributed by atoms with Crippen LogP contribution in [0.3, 0.4) is 0 Å². The number of hydrogen-bond acceptors (Lipinski definition) is 5. The summed E-state index contributed by atoms with van der Waals surface area (Å²) < 4.78 is 1.54. The first-order valence-electron chi connectivity index (χ1n) is 9.29. The van der Waals surface area contributed by atoms with E-state index < -0.39 is 0 Å². The highest BCUT2D eigenvalue weighted by Gasteiger charge is 2.23. The average molecular weight is 505 g/mol. The van der Waals surface area contributed by atoms with E-state index in [0.29, 0.717) is 37.9 Å². The maximum absolute atomic E-state index is 12.3. The molecule has 0 spiro atoms. The van der Waals surface area contributed by atoms with Gasteiger partial charge in [-0.1, -0.05) is 13.8 Å². The molecule has 1 aromatic rings. The van der Waals surface area contributed by atoms with Crippen molar-refractivity contribution in [3.05, 3.63) is 22.7 Å². The number of aromatic nitrogens is 2. The van der Waals surface area contributed by atoms with Gasteiger partial charge in [-0.3, -0.25) is 9.59 Å². The van der Waals surface area contributed by atoms with Gasteiger partial charge in [-0.2, -0.15) is 0 Å². The number of piperazine rings is 1. The number of carbonyl (C=O) groups excluding carboxylic acids is 1. The summed E-state index contributed by atoms with van der Waals surface area (Å²) in [5.41, 5.74) is -0.0886. The van der Waals surface area contributed by atoms with E-state index in [0.717, 1.165) is 12.5 Å². The standard InChI is InChI=1S/C18H31N7O2.HI/c1-14(2)12-20-18(21-13-15(26)22(3)4)25-10-8-24(9-11-25)16-17(27)23(5)7-6-19-16;/h6-7,14H,8-13H2,1-5H3,(H,20,21);1H. The third-order valence-corrected chi connectivity index (χ3v) is 4.41. The number of amides is 1. The Morgan fingerprint density at radius 3 is 2.50 bits per heavy atom. The molecule has 1 saturated heterocycles. The maximum Gasteiger partial charge on any atom is 0.293 e. The van der Waals surface area contributed by atoms with Crippen molar-refractivity contribution >= 4 is 41.7 Å². The molecule has 1 aliphatic heterocycles. The lowest BCUT2D eigenvalue weighted by atomic mass is 10.2. The summed E-state index contributed by atoms with van der Waals surface area (Å²) >= 11 is 0. The van der Waals surface area contributed by atoms with Gasteiger partial charge in [-0.25, -0.2) is 9.98 Å². The van der Waals surface area contributed by atoms with Crippen molar-refractivity contribution in [1.82, 2.24) is 24.7 Å². The van der Waals surface area contributed by atoms with E-state index in [1.807, 2.05) is 4.90 Å². The van der Waals surface area contributed by atoms with E-state index in [9.17, 15) is 9.59 Å². The van der Waals surface area contributed by atoms with Crippen LogP contribution in [0, 0.1) is 5.92 Å². The topological polar surface area (TPSA) is 86.1 Å². The Morgan fingerprint density at radius 2 is 1.93 bits per heavy atom. The summed E-state index contributed by atoms with van der Waals surface area (Å²) in [6.07, 6.45) is 3.30. The Kier molecular flexibility index (Phi) is 9.70. The fourth-order valence-corrected chi connectivity index (χ4v) is 2.68. The zero-order chi connectivity index (χ0) is 20.0. The molecular weight excluding hydrogens is 473 g/mol. The van der Waals surface area contributed by atoms with Crippen molar-refractivity contribution in [2.75, 3.05) is 58.3 Å². The zero-order valence-corrected chi connectivity index (χ0v) is 19.7. The van der Waals surface area contributed by atoms with Gasteiger partial charge >= 0.3 is 0 Å². The minimum atomic E-state index is -0.0886. The number of aliphatic imine (C=N–C) groups is 1. The molecule has 0 aliphatic carbocycles. The summed E-state index contributed by atoms with van der Waals surface area (Å²) in [7, 11) is 5.18. The summed E-state index contributed by atoms with van der Waals surface area (Å²) in [5.74, 6) is 1.66. The molecule has 158 valence electrons. The van der Waals surface area contributed by atoms with Crippen molar-refractivity contribution in [2.24, 2.45) is 18.0 Å². The van der Waals surface area contributed by atoms with Crippen LogP contribution in [-0.2, 0) is 11.8 Å². The maximum atomic E-state index is 12.3. The van der Waals surface area contributed by atoms with Crippen LogP contribution in [-0.4, -0.2) is 84.6 Å². The fraction of sp³-hybridized carbons (Fsp3) is 0.667. The number of nitrogens with zero attached hydrogens (tertiary/aromatic N) is 6. The molecule has 2 rings (SSSR count). The van der Waals surface area contributed by atoms with Crippen LogP contribution in [0.2, 0.25) is 0 Å². The van der Waals surface area contributed by atoms with E-state index in [4.69, 9.17) is 0 Å². The molecule has 0 atom stereocenters. The van der Waals surface area contributed by atoms with E-state index in [1.165, 1.54) is 0 Å². The number of aryl methyl sites for hydroxylation is 1. The molecule has 28 heavy (non-hydrogen) atoms. The van der Waals surface area contributed by atoms with Crippen LogP contribution in [0.5, 0.6) is 0 Å². The first kappa shape index (κ1) is 24.2. The number of anilines is 1. The summed E-state index contributed by atoms with van der Waals surface area (Å²) in [4.78, 5) is 38.6. The summed E-state index contributed by atoms with van der Waals surface area (Å²) in [6, 6.07) is 0. The van der Waals surface area contributed by atoms with E-state index >= 15 is 0 Å². The monoisotopic (exact) mass is 505 g/mol. The van der Waals surface area contributed by atoms with Crippen molar-refractivity contribution in [2.45, 2.75) is 13.8 Å². The molecular formula is C18H32IN7O2. The Labute approximate surface area is 183 Å². The fourth-order valence-electron chi connectivity index (χ4n) is 2.68. The van der Waals surface area contributed by atoms with Gasteiger partial charge in [0.15, 0.2) is 11.8 Å². The average Bonchev–Trinajstić information content (AvgIpc) is 2.64. The van der Waals surface area contributed by atoms with Gasteiger partial charge in [0.05, 0.1) is 0 Å². The van der Waals surface area contributed by atoms with Crippen molar-refractivity contribution in [3.63, 3.8) is 0 Å². The minimum Gasteiger partial charge on any atom is -0.356 e. The summed E-state index contributed by atoms with van der Waals surface area (Å²) in [5, 5.41) is 3.36. The molecule has 1 amide bonds. The van der Waals surface area contributed by atoms with Crippen LogP contribution >= 0.6 is 24.0 Å². The van der Waals surface area contributed by atoms with Gasteiger partial charge in [0.2, 0.25) is 5.91 Å². The van der Waals surface area contributed by atoms with Crippen LogP contribution in [0.1, 0.15) is 13.8 Å². The number of hydrogen-bond donors (Lipinski definition) is 1. The van der Waals surface area contributed by atoms with E-state index in [2.05, 4.69) is 34.0 Å². The molecule has 0 saturated carbocycles. The zero-order valence-electron chi connectivity index (χ0n) is 17.4. The first-order chi connectivity index (χ1) is 12.8. The number of likely N-dealkylation sites (N-methyl/N-ethyl adjacent to an activating group) is 1. The highest BCUT2D eigenvalue weighted by molar-refractivity contribution is 14.0. The van der Waals surface area contributed by atoms with Crippen molar-refractivity contribution in [3.8, 4) is 0 Å². The highest BCUT2D eigenvalue weighted by Crippen LogP contribution is 2.09. The van der Waals surface area contributed by atoms with Crippen LogP contribution < -0.4 is 15.8 Å². The minimum absolute atomic E-state index is 0. The van der Waals surface area contributed by atoms with Crippen molar-refractivity contribution < 1.29 is 4.79 Å². The van der Waals surface area contributed by atoms with E-state index in [1.54, 1.807) is 43.0 Å². The molecule has 2 heterocycles. The van der Waals surface area contributed by atoms with Gasteiger partial charge in [0.25, 0.3) is 5.56 Å². The molecule has 1 aromatic heterocycles. The predicted molar refractivity (Wildman–Crippen MR) is 123 cm³/mol. The number of halogens is 1. The van der Waals surface area contributed by atoms with Crippen molar-refractivity contribution in [1.29, 1.82) is 0 Å². The quantitative estimate of drug-likeness (QED) is 0.350. The third-order valence-electron chi connectivity index (χ3n) is 4.41. The molecule has 1 N–H and O–H groups in total. The molecule has 0 bridgehead atoms. The van der Waals surface area contributed by atoms with Gasteiger partial charge in [-0.15, -0.1) is 24.0 Å². The van der Waals surface area contributed by atoms with Gasteiger partial charge in [0, 0.05) is 66.3 Å². The normalized spacial score (nSPS) is 14.7. The van der Waals surface area contributed by atoms with E-state index in [-0.39, 0.29) is 42.0 Å². The second-order valence-corrected chi connectivity index (χ2v) is 7.34. The third kappa shape index (κ3) is 6.64. The molecule has 1 aliphatic rings. The van der Waals surface area contributed by atoms with Gasteiger partial charge < -0.3 is 24.6 Å². The number of nitrogens with one attached hydrogen (secondary N) is 1. The van der Waals surface area contributed by atoms with Gasteiger partial charge in [0.1, 0.15) is 6.54 Å². The molecule has 10 heteroatoms. The Hall–Kier alpha value is -1.85. The van der Waals surface area contributed by atoms with Gasteiger partial charge in [-0.05, 0) is 5.92 Å². The second-order valence-electron chi connectivity index (χ2n) is 7.34. The lowest BCUT2D eigenvalue weighted by Gasteiger charge is -2.37. The molecule has 1 fully saturated rings. The Morgan fingerprint density at radius 1 is 1.29 bits per heavy atom. The first-order valence-corrected chi connectivity index (χ1v) is 9.29. The molecule has 9 nitrogen and oxygen atoms in total. The largest absolute Gasteiger partial charge is 0.356 e. The summed E-state index contributed by atoms with van der Waals surface area (Å²) in [6.45, 7) is 7.94. The molecule has 0 aromatic carbocycles. The number of carbonyl (C=O) groups is 1. The molecule has 0 radical (unpaired) electrons. The second kappa shape index (κ2) is 11.2. The van der Waals surface area contributed by atoms with Crippen LogP contribution in [0.15, 0.2) is 22.2 Å².